The van der Waals surface area contributed by atoms with Gasteiger partial charge in [-0.2, -0.15) is 0 Å². The summed E-state index contributed by atoms with van der Waals surface area (Å²) in [5, 5.41) is 0. The molecular weight excluding hydrogens is 338 g/mol. The lowest BCUT2D eigenvalue weighted by molar-refractivity contribution is -0.121. The summed E-state index contributed by atoms with van der Waals surface area (Å²) < 4.78 is 1.08. The van der Waals surface area contributed by atoms with E-state index < -0.39 is 0 Å². The number of fused-ring (bicyclic) bond motifs is 1. The van der Waals surface area contributed by atoms with Gasteiger partial charge < -0.3 is 4.90 Å². The summed E-state index contributed by atoms with van der Waals surface area (Å²) in [5.41, 5.74) is 3.23. The lowest BCUT2D eigenvalue weighted by Gasteiger charge is -2.28. The predicted octanol–water partition coefficient (Wildman–Crippen LogP) is 4.46. The molecule has 0 radical (unpaired) electrons. The van der Waals surface area contributed by atoms with Crippen LogP contribution in [0.2, 0.25) is 0 Å². The summed E-state index contributed by atoms with van der Waals surface area (Å²) >= 11 is 3.53. The standard InChI is InChI=1S/C19H18BrNO/c1-13-11-14-12-16(20)7-8-17(14)21(13)18(22)19(9-10-19)15-5-3-2-4-6-15/h2-8,12-13H,9-11H2,1H3/t13-/m1/s1. The number of rotatable bonds is 2. The van der Waals surface area contributed by atoms with E-state index >= 15 is 0 Å². The van der Waals surface area contributed by atoms with Gasteiger partial charge in [0.25, 0.3) is 0 Å². The highest BCUT2D eigenvalue weighted by Crippen LogP contribution is 2.51. The van der Waals surface area contributed by atoms with Crippen molar-refractivity contribution in [1.29, 1.82) is 0 Å². The second-order valence-electron chi connectivity index (χ2n) is 6.45. The Kier molecular flexibility index (Phi) is 3.15. The maximum atomic E-state index is 13.3. The van der Waals surface area contributed by atoms with E-state index in [0.29, 0.717) is 0 Å². The number of benzene rings is 2. The average molecular weight is 356 g/mol. The van der Waals surface area contributed by atoms with Crippen LogP contribution in [0.4, 0.5) is 5.69 Å². The van der Waals surface area contributed by atoms with Gasteiger partial charge in [0.1, 0.15) is 0 Å². The van der Waals surface area contributed by atoms with Crippen LogP contribution >= 0.6 is 15.9 Å². The van der Waals surface area contributed by atoms with Crippen molar-refractivity contribution in [2.24, 2.45) is 0 Å². The molecule has 3 heteroatoms. The molecule has 4 rings (SSSR count). The first-order chi connectivity index (χ1) is 10.6. The van der Waals surface area contributed by atoms with Crippen LogP contribution < -0.4 is 4.90 Å². The van der Waals surface area contributed by atoms with E-state index in [-0.39, 0.29) is 17.4 Å². The van der Waals surface area contributed by atoms with Gasteiger partial charge >= 0.3 is 0 Å². The number of hydrogen-bond donors (Lipinski definition) is 0. The quantitative estimate of drug-likeness (QED) is 0.778. The first-order valence-electron chi connectivity index (χ1n) is 7.79. The van der Waals surface area contributed by atoms with Gasteiger partial charge in [-0.05, 0) is 55.5 Å². The summed E-state index contributed by atoms with van der Waals surface area (Å²) in [6, 6.07) is 16.7. The Labute approximate surface area is 139 Å². The third-order valence-corrected chi connectivity index (χ3v) is 5.45. The molecule has 22 heavy (non-hydrogen) atoms. The first kappa shape index (κ1) is 14.0. The summed E-state index contributed by atoms with van der Waals surface area (Å²) in [6.45, 7) is 2.15. The van der Waals surface area contributed by atoms with Crippen molar-refractivity contribution in [2.75, 3.05) is 4.90 Å². The topological polar surface area (TPSA) is 20.3 Å². The lowest BCUT2D eigenvalue weighted by Crippen LogP contribution is -2.42. The molecule has 0 aromatic heterocycles. The Morgan fingerprint density at radius 2 is 1.91 bits per heavy atom. The van der Waals surface area contributed by atoms with Crippen molar-refractivity contribution in [3.05, 3.63) is 64.1 Å². The highest BCUT2D eigenvalue weighted by molar-refractivity contribution is 9.10. The Morgan fingerprint density at radius 3 is 2.59 bits per heavy atom. The molecule has 1 heterocycles. The highest BCUT2D eigenvalue weighted by Gasteiger charge is 2.54. The number of anilines is 1. The smallest absolute Gasteiger partial charge is 0.237 e. The molecule has 2 nitrogen and oxygen atoms in total. The molecule has 1 aliphatic carbocycles. The summed E-state index contributed by atoms with van der Waals surface area (Å²) in [5.74, 6) is 0.271. The van der Waals surface area contributed by atoms with Crippen molar-refractivity contribution in [1.82, 2.24) is 0 Å². The zero-order valence-electron chi connectivity index (χ0n) is 12.6. The van der Waals surface area contributed by atoms with E-state index in [2.05, 4.69) is 47.1 Å². The van der Waals surface area contributed by atoms with Gasteiger partial charge in [-0.25, -0.2) is 0 Å². The summed E-state index contributed by atoms with van der Waals surface area (Å²) in [6.07, 6.45) is 2.86. The molecule has 1 saturated carbocycles. The van der Waals surface area contributed by atoms with Crippen LogP contribution in [0.15, 0.2) is 53.0 Å². The first-order valence-corrected chi connectivity index (χ1v) is 8.59. The monoisotopic (exact) mass is 355 g/mol. The van der Waals surface area contributed by atoms with E-state index in [9.17, 15) is 4.79 Å². The number of carbonyl (C=O) groups is 1. The third kappa shape index (κ3) is 2.03. The molecule has 2 aromatic rings. The molecule has 1 aliphatic heterocycles. The minimum atomic E-state index is -0.287. The summed E-state index contributed by atoms with van der Waals surface area (Å²) in [7, 11) is 0. The van der Waals surface area contributed by atoms with Gasteiger partial charge in [0.05, 0.1) is 5.41 Å². The molecule has 0 saturated heterocycles. The molecule has 0 spiro atoms. The van der Waals surface area contributed by atoms with E-state index in [0.717, 1.165) is 35.0 Å². The van der Waals surface area contributed by atoms with Gasteiger partial charge in [0.15, 0.2) is 0 Å². The minimum Gasteiger partial charge on any atom is -0.308 e. The molecule has 2 aliphatic rings. The molecule has 1 atom stereocenters. The number of nitrogens with zero attached hydrogens (tertiary/aromatic N) is 1. The summed E-state index contributed by atoms with van der Waals surface area (Å²) in [4.78, 5) is 15.3. The molecule has 112 valence electrons. The average Bonchev–Trinajstić information content (AvgIpc) is 3.26. The molecule has 0 N–H and O–H groups in total. The molecular formula is C19H18BrNO. The Balaban J connectivity index is 1.73. The zero-order valence-corrected chi connectivity index (χ0v) is 14.1. The maximum Gasteiger partial charge on any atom is 0.237 e. The Hall–Kier alpha value is -1.61. The van der Waals surface area contributed by atoms with Crippen LogP contribution in [0.3, 0.4) is 0 Å². The number of carbonyl (C=O) groups excluding carboxylic acids is 1. The van der Waals surface area contributed by atoms with E-state index in [1.807, 2.05) is 29.2 Å². The molecule has 0 unspecified atom stereocenters. The molecule has 0 bridgehead atoms. The maximum absolute atomic E-state index is 13.3. The zero-order chi connectivity index (χ0) is 15.3. The van der Waals surface area contributed by atoms with Gasteiger partial charge in [-0.1, -0.05) is 46.3 Å². The fourth-order valence-electron chi connectivity index (χ4n) is 3.65. The Morgan fingerprint density at radius 1 is 1.18 bits per heavy atom. The Bertz CT molecular complexity index is 736. The fraction of sp³-hybridized carbons (Fsp3) is 0.316. The number of halogens is 1. The van der Waals surface area contributed by atoms with Crippen LogP contribution in [-0.2, 0) is 16.6 Å². The van der Waals surface area contributed by atoms with Gasteiger partial charge in [-0.15, -0.1) is 0 Å². The number of amides is 1. The van der Waals surface area contributed by atoms with Crippen molar-refractivity contribution >= 4 is 27.5 Å². The van der Waals surface area contributed by atoms with E-state index in [1.165, 1.54) is 5.56 Å². The SMILES string of the molecule is C[C@@H]1Cc2cc(Br)ccc2N1C(=O)C1(c2ccccc2)CC1. The fourth-order valence-corrected chi connectivity index (χ4v) is 4.06. The van der Waals surface area contributed by atoms with Gasteiger partial charge in [0, 0.05) is 16.2 Å². The van der Waals surface area contributed by atoms with Gasteiger partial charge in [0.2, 0.25) is 5.91 Å². The largest absolute Gasteiger partial charge is 0.308 e. The van der Waals surface area contributed by atoms with Crippen LogP contribution in [0.5, 0.6) is 0 Å². The second-order valence-corrected chi connectivity index (χ2v) is 7.37. The van der Waals surface area contributed by atoms with Crippen molar-refractivity contribution in [2.45, 2.75) is 37.6 Å². The molecule has 1 amide bonds. The number of hydrogen-bond acceptors (Lipinski definition) is 1. The highest BCUT2D eigenvalue weighted by atomic mass is 79.9. The van der Waals surface area contributed by atoms with E-state index in [1.54, 1.807) is 0 Å². The molecule has 1 fully saturated rings. The van der Waals surface area contributed by atoms with Crippen LogP contribution in [-0.4, -0.2) is 11.9 Å². The van der Waals surface area contributed by atoms with Crippen LogP contribution in [0, 0.1) is 0 Å². The van der Waals surface area contributed by atoms with Crippen molar-refractivity contribution < 1.29 is 4.79 Å². The second kappa shape index (κ2) is 4.95. The third-order valence-electron chi connectivity index (χ3n) is 4.96. The van der Waals surface area contributed by atoms with Gasteiger partial charge in [-0.3, -0.25) is 4.79 Å². The predicted molar refractivity (Wildman–Crippen MR) is 92.1 cm³/mol. The van der Waals surface area contributed by atoms with Crippen molar-refractivity contribution in [3.63, 3.8) is 0 Å². The van der Waals surface area contributed by atoms with Crippen LogP contribution in [0.25, 0.3) is 0 Å². The lowest BCUT2D eigenvalue weighted by atomic mass is 9.94. The normalized spacial score (nSPS) is 21.5. The van der Waals surface area contributed by atoms with Crippen LogP contribution in [0.1, 0.15) is 30.9 Å². The molecule has 2 aromatic carbocycles. The minimum absolute atomic E-state index is 0.234. The van der Waals surface area contributed by atoms with Crippen molar-refractivity contribution in [3.8, 4) is 0 Å². The van der Waals surface area contributed by atoms with E-state index in [4.69, 9.17) is 0 Å².